The number of aromatic nitrogens is 1. The molecule has 2 heterocycles. The largest absolute Gasteiger partial charge is 0.372 e. The third kappa shape index (κ3) is 2.03. The van der Waals surface area contributed by atoms with E-state index in [2.05, 4.69) is 54.9 Å². The molecule has 0 radical (unpaired) electrons. The maximum Gasteiger partial charge on any atom is 0.109 e. The van der Waals surface area contributed by atoms with Crippen LogP contribution in [0.25, 0.3) is 10.9 Å². The summed E-state index contributed by atoms with van der Waals surface area (Å²) < 4.78 is 8.53. The molecule has 2 aromatic rings. The van der Waals surface area contributed by atoms with Crippen LogP contribution in [0.15, 0.2) is 24.4 Å². The van der Waals surface area contributed by atoms with E-state index in [1.54, 1.807) is 0 Å². The van der Waals surface area contributed by atoms with E-state index < -0.39 is 0 Å². The van der Waals surface area contributed by atoms with Gasteiger partial charge in [0.2, 0.25) is 0 Å². The minimum Gasteiger partial charge on any atom is -0.372 e. The Morgan fingerprint density at radius 3 is 2.83 bits per heavy atom. The summed E-state index contributed by atoms with van der Waals surface area (Å²) in [4.78, 5) is 2.46. The lowest BCUT2D eigenvalue weighted by atomic mass is 9.68. The number of ether oxygens (including phenoxy) is 1. The first-order valence-corrected chi connectivity index (χ1v) is 8.88. The van der Waals surface area contributed by atoms with Gasteiger partial charge in [-0.1, -0.05) is 12.1 Å². The third-order valence-electron chi connectivity index (χ3n) is 6.13. The summed E-state index contributed by atoms with van der Waals surface area (Å²) in [6, 6.07) is 7.01. The van der Waals surface area contributed by atoms with Gasteiger partial charge in [-0.3, -0.25) is 4.90 Å². The average Bonchev–Trinajstić information content (AvgIpc) is 2.86. The first kappa shape index (κ1) is 15.5. The maximum atomic E-state index is 6.49. The molecule has 0 saturated carbocycles. The second-order valence-corrected chi connectivity index (χ2v) is 8.05. The zero-order chi connectivity index (χ0) is 16.4. The van der Waals surface area contributed by atoms with Crippen molar-refractivity contribution in [2.45, 2.75) is 36.8 Å². The fraction of sp³-hybridized carbons (Fsp3) is 0.579. The topological polar surface area (TPSA) is 17.4 Å². The zero-order valence-electron chi connectivity index (χ0n) is 14.3. The van der Waals surface area contributed by atoms with Crippen molar-refractivity contribution in [2.75, 3.05) is 20.7 Å². The van der Waals surface area contributed by atoms with Crippen molar-refractivity contribution >= 4 is 22.5 Å². The first-order valence-electron chi connectivity index (χ1n) is 8.45. The fourth-order valence-electron chi connectivity index (χ4n) is 4.95. The van der Waals surface area contributed by atoms with Gasteiger partial charge in [0.05, 0.1) is 0 Å². The number of alkyl halides is 1. The normalized spacial score (nSPS) is 32.0. The molecule has 1 aromatic carbocycles. The molecule has 3 nitrogen and oxygen atoms in total. The summed E-state index contributed by atoms with van der Waals surface area (Å²) in [6.45, 7) is 3.15. The van der Waals surface area contributed by atoms with Gasteiger partial charge >= 0.3 is 0 Å². The first-order chi connectivity index (χ1) is 11.0. The van der Waals surface area contributed by atoms with Gasteiger partial charge in [-0.25, -0.2) is 0 Å². The molecule has 0 amide bonds. The van der Waals surface area contributed by atoms with Crippen molar-refractivity contribution in [3.05, 3.63) is 35.5 Å². The number of halogens is 1. The molecule has 1 aliphatic heterocycles. The standard InChI is InChI=1S/C19H25ClN2O/c1-12(20)14-9-19(23-4)15-6-5-7-16-18(15)13(10-21(16)2)8-17(19)22(3)11-14/h5-7,10,12,14,17H,8-9,11H2,1-4H3/t12?,14-,17-,19+/m1/s1. The van der Waals surface area contributed by atoms with E-state index in [-0.39, 0.29) is 11.0 Å². The predicted molar refractivity (Wildman–Crippen MR) is 95.2 cm³/mol. The lowest BCUT2D eigenvalue weighted by Crippen LogP contribution is -2.60. The highest BCUT2D eigenvalue weighted by molar-refractivity contribution is 6.20. The van der Waals surface area contributed by atoms with Crippen LogP contribution in [-0.2, 0) is 23.8 Å². The van der Waals surface area contributed by atoms with Crippen LogP contribution in [0.5, 0.6) is 0 Å². The summed E-state index contributed by atoms with van der Waals surface area (Å²) in [5, 5.41) is 1.55. The molecule has 1 aromatic heterocycles. The Morgan fingerprint density at radius 1 is 1.35 bits per heavy atom. The highest BCUT2D eigenvalue weighted by atomic mass is 35.5. The van der Waals surface area contributed by atoms with Gasteiger partial charge in [0.25, 0.3) is 0 Å². The number of benzene rings is 1. The SMILES string of the molecule is CO[C@]12C[C@@H](C(C)Cl)CN(C)[C@@H]1Cc1cn(C)c3cccc2c13. The number of likely N-dealkylation sites (N-methyl/N-ethyl adjacent to an activating group) is 1. The highest BCUT2D eigenvalue weighted by Crippen LogP contribution is 2.50. The smallest absolute Gasteiger partial charge is 0.109 e. The fourth-order valence-corrected chi connectivity index (χ4v) is 5.11. The predicted octanol–water partition coefficient (Wildman–Crippen LogP) is 3.52. The molecule has 0 N–H and O–H groups in total. The Balaban J connectivity index is 1.96. The molecule has 1 unspecified atom stereocenters. The van der Waals surface area contributed by atoms with Gasteiger partial charge in [-0.05, 0) is 49.9 Å². The van der Waals surface area contributed by atoms with Gasteiger partial charge in [-0.15, -0.1) is 11.6 Å². The van der Waals surface area contributed by atoms with E-state index in [9.17, 15) is 0 Å². The summed E-state index contributed by atoms with van der Waals surface area (Å²) >= 11 is 6.49. The lowest BCUT2D eigenvalue weighted by molar-refractivity contribution is -0.125. The van der Waals surface area contributed by atoms with Gasteiger partial charge in [0.1, 0.15) is 5.60 Å². The van der Waals surface area contributed by atoms with E-state index >= 15 is 0 Å². The van der Waals surface area contributed by atoms with Crippen LogP contribution in [0, 0.1) is 5.92 Å². The van der Waals surface area contributed by atoms with Gasteiger partial charge in [0, 0.05) is 49.2 Å². The summed E-state index contributed by atoms with van der Waals surface area (Å²) in [5.41, 5.74) is 3.84. The van der Waals surface area contributed by atoms with Crippen molar-refractivity contribution in [3.8, 4) is 0 Å². The van der Waals surface area contributed by atoms with E-state index in [0.29, 0.717) is 12.0 Å². The minimum absolute atomic E-state index is 0.154. The number of hydrogen-bond acceptors (Lipinski definition) is 2. The molecule has 1 aliphatic carbocycles. The number of likely N-dealkylation sites (tertiary alicyclic amines) is 1. The number of aryl methyl sites for hydroxylation is 1. The number of rotatable bonds is 2. The van der Waals surface area contributed by atoms with E-state index in [1.165, 1.54) is 22.0 Å². The Kier molecular flexibility index (Phi) is 3.53. The molecule has 1 saturated heterocycles. The van der Waals surface area contributed by atoms with Crippen molar-refractivity contribution in [1.29, 1.82) is 0 Å². The molecule has 2 aliphatic rings. The number of methoxy groups -OCH3 is 1. The summed E-state index contributed by atoms with van der Waals surface area (Å²) in [6.07, 6.45) is 4.33. The van der Waals surface area contributed by atoms with Crippen LogP contribution >= 0.6 is 11.6 Å². The molecule has 0 bridgehead atoms. The molecule has 1 fully saturated rings. The highest BCUT2D eigenvalue weighted by Gasteiger charge is 2.52. The maximum absolute atomic E-state index is 6.49. The summed E-state index contributed by atoms with van der Waals surface area (Å²) in [5.74, 6) is 0.443. The van der Waals surface area contributed by atoms with Crippen molar-refractivity contribution < 1.29 is 4.74 Å². The van der Waals surface area contributed by atoms with Gasteiger partial charge in [0.15, 0.2) is 0 Å². The molecule has 4 heteroatoms. The molecule has 4 rings (SSSR count). The number of hydrogen-bond donors (Lipinski definition) is 0. The van der Waals surface area contributed by atoms with Crippen LogP contribution in [0.4, 0.5) is 0 Å². The lowest BCUT2D eigenvalue weighted by Gasteiger charge is -2.53. The van der Waals surface area contributed by atoms with Crippen LogP contribution in [-0.4, -0.2) is 41.6 Å². The number of nitrogens with zero attached hydrogens (tertiary/aromatic N) is 2. The monoisotopic (exact) mass is 332 g/mol. The molecular formula is C19H25ClN2O. The van der Waals surface area contributed by atoms with E-state index in [0.717, 1.165) is 19.4 Å². The van der Waals surface area contributed by atoms with E-state index in [4.69, 9.17) is 16.3 Å². The Labute approximate surface area is 143 Å². The summed E-state index contributed by atoms with van der Waals surface area (Å²) in [7, 11) is 6.23. The van der Waals surface area contributed by atoms with Gasteiger partial charge in [-0.2, -0.15) is 0 Å². The Bertz CT molecular complexity index is 753. The van der Waals surface area contributed by atoms with Crippen LogP contribution in [0.1, 0.15) is 24.5 Å². The van der Waals surface area contributed by atoms with Crippen LogP contribution in [0.3, 0.4) is 0 Å². The molecule has 23 heavy (non-hydrogen) atoms. The molecule has 0 spiro atoms. The minimum atomic E-state index is -0.255. The van der Waals surface area contributed by atoms with Crippen molar-refractivity contribution in [2.24, 2.45) is 13.0 Å². The quantitative estimate of drug-likeness (QED) is 0.783. The Morgan fingerprint density at radius 2 is 2.13 bits per heavy atom. The number of fused-ring (bicyclic) bond motifs is 2. The Hall–Kier alpha value is -1.03. The van der Waals surface area contributed by atoms with Crippen LogP contribution < -0.4 is 0 Å². The van der Waals surface area contributed by atoms with Crippen LogP contribution in [0.2, 0.25) is 0 Å². The molecular weight excluding hydrogens is 308 g/mol. The van der Waals surface area contributed by atoms with E-state index in [1.807, 2.05) is 7.11 Å². The zero-order valence-corrected chi connectivity index (χ0v) is 15.1. The second kappa shape index (κ2) is 5.23. The second-order valence-electron chi connectivity index (χ2n) is 7.36. The van der Waals surface area contributed by atoms with Gasteiger partial charge < -0.3 is 9.30 Å². The van der Waals surface area contributed by atoms with Crippen molar-refractivity contribution in [3.63, 3.8) is 0 Å². The molecule has 4 atom stereocenters. The third-order valence-corrected chi connectivity index (χ3v) is 6.49. The van der Waals surface area contributed by atoms with Crippen molar-refractivity contribution in [1.82, 2.24) is 9.47 Å². The molecule has 124 valence electrons. The number of piperidine rings is 1. The average molecular weight is 333 g/mol.